The second-order valence-corrected chi connectivity index (χ2v) is 9.38. The van der Waals surface area contributed by atoms with Crippen LogP contribution in [0.15, 0.2) is 0 Å². The van der Waals surface area contributed by atoms with Crippen LogP contribution in [0.2, 0.25) is 25.7 Å². The molecule has 13 heavy (non-hydrogen) atoms. The first-order chi connectivity index (χ1) is 6.12. The van der Waals surface area contributed by atoms with Crippen molar-refractivity contribution in [2.75, 3.05) is 19.8 Å². The highest BCUT2D eigenvalue weighted by atomic mass is 28.4. The van der Waals surface area contributed by atoms with Crippen molar-refractivity contribution in [3.8, 4) is 0 Å². The van der Waals surface area contributed by atoms with Crippen molar-refractivity contribution >= 4 is 18.1 Å². The molecule has 80 valence electrons. The van der Waals surface area contributed by atoms with E-state index in [9.17, 15) is 0 Å². The fraction of sp³-hybridized carbons (Fsp3) is 1.00. The van der Waals surface area contributed by atoms with Gasteiger partial charge in [0, 0.05) is 6.61 Å². The molecule has 0 bridgehead atoms. The second-order valence-electron chi connectivity index (χ2n) is 3.63. The summed E-state index contributed by atoms with van der Waals surface area (Å²) >= 11 is 0. The van der Waals surface area contributed by atoms with E-state index < -0.39 is 8.32 Å². The third-order valence-electron chi connectivity index (χ3n) is 1.84. The fourth-order valence-corrected chi connectivity index (χ4v) is 5.93. The molecule has 0 atom stereocenters. The average molecular weight is 222 g/mol. The van der Waals surface area contributed by atoms with Crippen molar-refractivity contribution in [3.63, 3.8) is 0 Å². The summed E-state index contributed by atoms with van der Waals surface area (Å²) in [6, 6.07) is 1.17. The summed E-state index contributed by atoms with van der Waals surface area (Å²) < 4.78 is 11.0. The van der Waals surface area contributed by atoms with E-state index in [1.807, 2.05) is 0 Å². The van der Waals surface area contributed by atoms with Crippen LogP contribution < -0.4 is 0 Å². The molecule has 0 saturated heterocycles. The molecule has 0 aromatic heterocycles. The summed E-state index contributed by atoms with van der Waals surface area (Å²) in [5, 5.41) is 8.47. The van der Waals surface area contributed by atoms with Crippen LogP contribution >= 0.6 is 0 Å². The predicted molar refractivity (Wildman–Crippen MR) is 60.3 cm³/mol. The molecule has 0 saturated carbocycles. The van der Waals surface area contributed by atoms with E-state index in [2.05, 4.69) is 19.6 Å². The Bertz CT molecular complexity index is 120. The molecule has 0 fully saturated rings. The summed E-state index contributed by atoms with van der Waals surface area (Å²) in [6.45, 7) is 8.04. The van der Waals surface area contributed by atoms with Crippen molar-refractivity contribution in [3.05, 3.63) is 0 Å². The number of ether oxygens (including phenoxy) is 1. The maximum atomic E-state index is 8.47. The summed E-state index contributed by atoms with van der Waals surface area (Å²) in [4.78, 5) is 0. The maximum Gasteiger partial charge on any atom is 0.173 e. The van der Waals surface area contributed by atoms with E-state index in [4.69, 9.17) is 14.0 Å². The van der Waals surface area contributed by atoms with Crippen LogP contribution in [0, 0.1) is 0 Å². The van der Waals surface area contributed by atoms with Crippen molar-refractivity contribution in [1.29, 1.82) is 0 Å². The topological polar surface area (TPSA) is 38.7 Å². The van der Waals surface area contributed by atoms with Crippen LogP contribution in [0.1, 0.15) is 6.42 Å². The second kappa shape index (κ2) is 7.69. The minimum absolute atomic E-state index is 0.124. The normalized spacial score (nSPS) is 12.9. The van der Waals surface area contributed by atoms with Gasteiger partial charge in [0.2, 0.25) is 0 Å². The molecule has 0 aromatic carbocycles. The van der Waals surface area contributed by atoms with E-state index in [1.54, 1.807) is 0 Å². The lowest BCUT2D eigenvalue weighted by atomic mass is 10.5. The zero-order chi connectivity index (χ0) is 10.2. The van der Waals surface area contributed by atoms with Gasteiger partial charge in [0.1, 0.15) is 9.76 Å². The summed E-state index contributed by atoms with van der Waals surface area (Å²) in [5.74, 6) is 0. The van der Waals surface area contributed by atoms with E-state index in [0.29, 0.717) is 6.61 Å². The van der Waals surface area contributed by atoms with Gasteiger partial charge in [-0.25, -0.2) is 0 Å². The Hall–Kier alpha value is 0.314. The molecule has 0 amide bonds. The van der Waals surface area contributed by atoms with Crippen LogP contribution in [0.3, 0.4) is 0 Å². The van der Waals surface area contributed by atoms with Crippen LogP contribution in [0.5, 0.6) is 0 Å². The molecular formula is C8H22O3Si2. The lowest BCUT2D eigenvalue weighted by Crippen LogP contribution is -2.31. The molecule has 0 heterocycles. The van der Waals surface area contributed by atoms with Gasteiger partial charge in [-0.05, 0) is 25.6 Å². The van der Waals surface area contributed by atoms with Gasteiger partial charge in [-0.15, -0.1) is 0 Å². The van der Waals surface area contributed by atoms with Crippen molar-refractivity contribution in [2.24, 2.45) is 0 Å². The predicted octanol–water partition coefficient (Wildman–Crippen LogP) is 0.739. The molecule has 0 rings (SSSR count). The van der Waals surface area contributed by atoms with E-state index in [1.165, 1.54) is 6.04 Å². The van der Waals surface area contributed by atoms with Crippen LogP contribution in [0.25, 0.3) is 0 Å². The quantitative estimate of drug-likeness (QED) is 0.486. The molecule has 0 aliphatic rings. The zero-order valence-corrected chi connectivity index (χ0v) is 11.4. The van der Waals surface area contributed by atoms with Crippen LogP contribution in [-0.2, 0) is 8.85 Å². The minimum atomic E-state index is -1.34. The Labute approximate surface area is 84.5 Å². The largest absolute Gasteiger partial charge is 0.461 e. The standard InChI is InChI=1S/C8H22O3Si2/c1-12-11-13(2,3)8-4-6-10-7-5-9/h9H,4-8,12H2,1-3H3. The molecule has 3 nitrogen and oxygen atoms in total. The van der Waals surface area contributed by atoms with Gasteiger partial charge in [0.05, 0.1) is 13.2 Å². The van der Waals surface area contributed by atoms with Gasteiger partial charge in [-0.3, -0.25) is 0 Å². The first-order valence-electron chi connectivity index (χ1n) is 4.95. The number of hydrogen-bond acceptors (Lipinski definition) is 3. The molecule has 0 aliphatic heterocycles. The Balaban J connectivity index is 3.29. The van der Waals surface area contributed by atoms with Gasteiger partial charge in [0.25, 0.3) is 0 Å². The van der Waals surface area contributed by atoms with Gasteiger partial charge in [-0.2, -0.15) is 0 Å². The highest BCUT2D eigenvalue weighted by Crippen LogP contribution is 2.12. The SMILES string of the molecule is C[SiH2]O[Si](C)(C)CCCOCCO. The third-order valence-corrected chi connectivity index (χ3v) is 7.68. The summed E-state index contributed by atoms with van der Waals surface area (Å²) in [5.41, 5.74) is 0. The van der Waals surface area contributed by atoms with Crippen LogP contribution in [0.4, 0.5) is 0 Å². The van der Waals surface area contributed by atoms with Gasteiger partial charge >= 0.3 is 0 Å². The first-order valence-corrected chi connectivity index (χ1v) is 10.1. The van der Waals surface area contributed by atoms with Gasteiger partial charge < -0.3 is 14.0 Å². The summed E-state index contributed by atoms with van der Waals surface area (Å²) in [7, 11) is -1.60. The van der Waals surface area contributed by atoms with Crippen molar-refractivity contribution in [2.45, 2.75) is 32.1 Å². The molecule has 0 unspecified atom stereocenters. The Morgan fingerprint density at radius 2 is 2.00 bits per heavy atom. The Morgan fingerprint density at radius 3 is 2.54 bits per heavy atom. The Kier molecular flexibility index (Phi) is 7.88. The third kappa shape index (κ3) is 8.64. The molecule has 0 radical (unpaired) electrons. The lowest BCUT2D eigenvalue weighted by Gasteiger charge is -2.22. The van der Waals surface area contributed by atoms with Crippen molar-refractivity contribution in [1.82, 2.24) is 0 Å². The highest BCUT2D eigenvalue weighted by Gasteiger charge is 2.19. The average Bonchev–Trinajstić information content (AvgIpc) is 2.04. The molecule has 5 heteroatoms. The Morgan fingerprint density at radius 1 is 1.31 bits per heavy atom. The smallest absolute Gasteiger partial charge is 0.173 e. The fourth-order valence-electron chi connectivity index (χ4n) is 1.23. The monoisotopic (exact) mass is 222 g/mol. The molecule has 0 spiro atoms. The lowest BCUT2D eigenvalue weighted by molar-refractivity contribution is 0.0924. The van der Waals surface area contributed by atoms with E-state index in [-0.39, 0.29) is 16.4 Å². The number of aliphatic hydroxyl groups is 1. The van der Waals surface area contributed by atoms with E-state index >= 15 is 0 Å². The first kappa shape index (κ1) is 13.3. The zero-order valence-electron chi connectivity index (χ0n) is 9.01. The number of rotatable bonds is 8. The highest BCUT2D eigenvalue weighted by molar-refractivity contribution is 6.74. The van der Waals surface area contributed by atoms with Crippen LogP contribution in [-0.4, -0.2) is 43.0 Å². The molecule has 0 aliphatic carbocycles. The summed E-state index contributed by atoms with van der Waals surface area (Å²) in [6.07, 6.45) is 1.06. The maximum absolute atomic E-state index is 8.47. The molecule has 0 aromatic rings. The number of aliphatic hydroxyl groups excluding tert-OH is 1. The molecule has 1 N–H and O–H groups in total. The minimum Gasteiger partial charge on any atom is -0.461 e. The van der Waals surface area contributed by atoms with Gasteiger partial charge in [-0.1, -0.05) is 6.55 Å². The van der Waals surface area contributed by atoms with Crippen molar-refractivity contribution < 1.29 is 14.0 Å². The number of hydrogen-bond donors (Lipinski definition) is 1. The van der Waals surface area contributed by atoms with E-state index in [0.717, 1.165) is 13.0 Å². The molecular weight excluding hydrogens is 200 g/mol. The van der Waals surface area contributed by atoms with Gasteiger partial charge in [0.15, 0.2) is 8.32 Å².